The maximum absolute atomic E-state index is 13.6. The van der Waals surface area contributed by atoms with Crippen molar-refractivity contribution in [2.24, 2.45) is 0 Å². The summed E-state index contributed by atoms with van der Waals surface area (Å²) in [6, 6.07) is 3.57. The third-order valence-electron chi connectivity index (χ3n) is 5.89. The van der Waals surface area contributed by atoms with Crippen LogP contribution in [0, 0.1) is 6.92 Å². The number of nitrogens with zero attached hydrogens (tertiary/aromatic N) is 4. The van der Waals surface area contributed by atoms with Gasteiger partial charge in [-0.15, -0.1) is 0 Å². The maximum atomic E-state index is 13.6. The molecule has 7 heteroatoms. The minimum atomic E-state index is -0.695. The lowest BCUT2D eigenvalue weighted by molar-refractivity contribution is -0.145. The molecule has 4 heterocycles. The van der Waals surface area contributed by atoms with Crippen molar-refractivity contribution < 1.29 is 9.59 Å². The van der Waals surface area contributed by atoms with Gasteiger partial charge in [-0.3, -0.25) is 14.0 Å². The van der Waals surface area contributed by atoms with Crippen LogP contribution in [-0.2, 0) is 4.79 Å². The number of likely N-dealkylation sites (tertiary alicyclic amines) is 2. The molecule has 2 aromatic heterocycles. The SMILES string of the molecule is CCCN1CCCC2(CCCN2C(=O)c2c(C)nc3ccc(Cl)cn23)C1=O. The Morgan fingerprint density at radius 2 is 2.00 bits per heavy atom. The van der Waals surface area contributed by atoms with Gasteiger partial charge >= 0.3 is 0 Å². The predicted octanol–water partition coefficient (Wildman–Crippen LogP) is 3.30. The molecule has 2 aliphatic heterocycles. The molecule has 2 aromatic rings. The van der Waals surface area contributed by atoms with E-state index >= 15 is 0 Å². The number of amides is 2. The van der Waals surface area contributed by atoms with Crippen LogP contribution in [0.5, 0.6) is 0 Å². The molecule has 2 amide bonds. The normalized spacial score (nSPS) is 23.0. The van der Waals surface area contributed by atoms with Gasteiger partial charge in [0, 0.05) is 25.8 Å². The van der Waals surface area contributed by atoms with Crippen LogP contribution in [0.2, 0.25) is 5.02 Å². The summed E-state index contributed by atoms with van der Waals surface area (Å²) in [6.07, 6.45) is 5.93. The number of rotatable bonds is 3. The van der Waals surface area contributed by atoms with Gasteiger partial charge in [0.25, 0.3) is 5.91 Å². The number of imidazole rings is 1. The van der Waals surface area contributed by atoms with Gasteiger partial charge in [-0.25, -0.2) is 4.98 Å². The summed E-state index contributed by atoms with van der Waals surface area (Å²) >= 11 is 6.15. The van der Waals surface area contributed by atoms with Crippen LogP contribution in [0.1, 0.15) is 55.2 Å². The summed E-state index contributed by atoms with van der Waals surface area (Å²) in [5.74, 6) is -0.00239. The van der Waals surface area contributed by atoms with E-state index in [1.807, 2.05) is 16.7 Å². The van der Waals surface area contributed by atoms with Crippen LogP contribution in [-0.4, -0.2) is 56.2 Å². The lowest BCUT2D eigenvalue weighted by Gasteiger charge is -2.44. The van der Waals surface area contributed by atoms with E-state index in [9.17, 15) is 9.59 Å². The molecule has 0 aromatic carbocycles. The monoisotopic (exact) mass is 388 g/mol. The summed E-state index contributed by atoms with van der Waals surface area (Å²) in [5, 5.41) is 0.549. The molecule has 0 aliphatic carbocycles. The molecule has 6 nitrogen and oxygen atoms in total. The summed E-state index contributed by atoms with van der Waals surface area (Å²) in [7, 11) is 0. The fourth-order valence-corrected chi connectivity index (χ4v) is 4.89. The predicted molar refractivity (Wildman–Crippen MR) is 104 cm³/mol. The number of halogens is 1. The van der Waals surface area contributed by atoms with Gasteiger partial charge in [-0.1, -0.05) is 18.5 Å². The molecule has 2 aliphatic rings. The average molecular weight is 389 g/mol. The first-order chi connectivity index (χ1) is 13.0. The van der Waals surface area contributed by atoms with E-state index in [1.165, 1.54) is 0 Å². The molecule has 0 radical (unpaired) electrons. The number of carbonyl (C=O) groups excluding carboxylic acids is 2. The van der Waals surface area contributed by atoms with Crippen molar-refractivity contribution in [1.29, 1.82) is 0 Å². The van der Waals surface area contributed by atoms with Gasteiger partial charge in [0.05, 0.1) is 10.7 Å². The molecule has 27 heavy (non-hydrogen) atoms. The Balaban J connectivity index is 1.74. The number of piperidine rings is 1. The lowest BCUT2D eigenvalue weighted by Crippen LogP contribution is -2.61. The van der Waals surface area contributed by atoms with Crippen molar-refractivity contribution in [2.75, 3.05) is 19.6 Å². The second-order valence-corrected chi connectivity index (χ2v) is 8.05. The molecule has 144 valence electrons. The highest BCUT2D eigenvalue weighted by atomic mass is 35.5. The molecule has 0 bridgehead atoms. The van der Waals surface area contributed by atoms with Crippen molar-refractivity contribution in [1.82, 2.24) is 19.2 Å². The van der Waals surface area contributed by atoms with Crippen LogP contribution >= 0.6 is 11.6 Å². The quantitative estimate of drug-likeness (QED) is 0.810. The molecule has 1 atom stereocenters. The number of hydrogen-bond donors (Lipinski definition) is 0. The average Bonchev–Trinajstić information content (AvgIpc) is 3.20. The van der Waals surface area contributed by atoms with E-state index in [0.717, 1.165) is 45.2 Å². The Kier molecular flexibility index (Phi) is 4.62. The Hall–Kier alpha value is -2.08. The highest BCUT2D eigenvalue weighted by Crippen LogP contribution is 2.39. The van der Waals surface area contributed by atoms with E-state index < -0.39 is 5.54 Å². The van der Waals surface area contributed by atoms with Gasteiger partial charge < -0.3 is 9.80 Å². The molecule has 1 spiro atoms. The van der Waals surface area contributed by atoms with E-state index in [0.29, 0.717) is 28.6 Å². The summed E-state index contributed by atoms with van der Waals surface area (Å²) in [6.45, 7) is 6.08. The van der Waals surface area contributed by atoms with Crippen LogP contribution in [0.3, 0.4) is 0 Å². The first-order valence-electron chi connectivity index (χ1n) is 9.73. The zero-order valence-electron chi connectivity index (χ0n) is 15.9. The first kappa shape index (κ1) is 18.3. The Bertz CT molecular complexity index is 907. The number of aromatic nitrogens is 2. The Morgan fingerprint density at radius 3 is 2.74 bits per heavy atom. The Labute approximate surface area is 164 Å². The highest BCUT2D eigenvalue weighted by Gasteiger charge is 2.53. The number of fused-ring (bicyclic) bond motifs is 1. The smallest absolute Gasteiger partial charge is 0.273 e. The molecular weight excluding hydrogens is 364 g/mol. The molecule has 0 N–H and O–H groups in total. The van der Waals surface area contributed by atoms with Gasteiger partial charge in [0.2, 0.25) is 5.91 Å². The number of aryl methyl sites for hydroxylation is 1. The third-order valence-corrected chi connectivity index (χ3v) is 6.11. The number of pyridine rings is 1. The largest absolute Gasteiger partial charge is 0.341 e. The fourth-order valence-electron chi connectivity index (χ4n) is 4.73. The molecule has 4 rings (SSSR count). The second kappa shape index (κ2) is 6.82. The van der Waals surface area contributed by atoms with Crippen LogP contribution < -0.4 is 0 Å². The highest BCUT2D eigenvalue weighted by molar-refractivity contribution is 6.30. The van der Waals surface area contributed by atoms with Gasteiger partial charge in [0.15, 0.2) is 0 Å². The van der Waals surface area contributed by atoms with Crippen LogP contribution in [0.25, 0.3) is 5.65 Å². The first-order valence-corrected chi connectivity index (χ1v) is 10.1. The lowest BCUT2D eigenvalue weighted by atomic mass is 9.85. The number of hydrogen-bond acceptors (Lipinski definition) is 3. The maximum Gasteiger partial charge on any atom is 0.273 e. The summed E-state index contributed by atoms with van der Waals surface area (Å²) in [5.41, 5.74) is 1.17. The van der Waals surface area contributed by atoms with Crippen molar-refractivity contribution in [2.45, 2.75) is 51.5 Å². The Morgan fingerprint density at radius 1 is 1.26 bits per heavy atom. The molecule has 2 fully saturated rings. The fraction of sp³-hybridized carbons (Fsp3) is 0.550. The van der Waals surface area contributed by atoms with Gasteiger partial charge in [-0.2, -0.15) is 0 Å². The molecule has 0 saturated carbocycles. The second-order valence-electron chi connectivity index (χ2n) is 7.61. The van der Waals surface area contributed by atoms with Crippen molar-refractivity contribution >= 4 is 29.1 Å². The zero-order chi connectivity index (χ0) is 19.2. The minimum Gasteiger partial charge on any atom is -0.341 e. The number of carbonyl (C=O) groups is 2. The van der Waals surface area contributed by atoms with Crippen molar-refractivity contribution in [3.8, 4) is 0 Å². The molecular formula is C20H25ClN4O2. The third kappa shape index (κ3) is 2.81. The van der Waals surface area contributed by atoms with Gasteiger partial charge in [-0.05, 0) is 51.2 Å². The van der Waals surface area contributed by atoms with E-state index in [-0.39, 0.29) is 11.8 Å². The van der Waals surface area contributed by atoms with E-state index in [1.54, 1.807) is 22.7 Å². The summed E-state index contributed by atoms with van der Waals surface area (Å²) in [4.78, 5) is 35.2. The minimum absolute atomic E-state index is 0.117. The standard InChI is InChI=1S/C20H25ClN4O2/c1-3-10-23-11-4-8-20(19(23)27)9-5-12-25(20)18(26)17-14(2)22-16-7-6-15(21)13-24(16)17/h6-7,13H,3-5,8-12H2,1-2H3. The van der Waals surface area contributed by atoms with Crippen LogP contribution in [0.4, 0.5) is 0 Å². The molecule has 1 unspecified atom stereocenters. The molecule has 2 saturated heterocycles. The zero-order valence-corrected chi connectivity index (χ0v) is 16.6. The van der Waals surface area contributed by atoms with E-state index in [2.05, 4.69) is 11.9 Å². The van der Waals surface area contributed by atoms with Gasteiger partial charge in [0.1, 0.15) is 16.9 Å². The van der Waals surface area contributed by atoms with Crippen molar-refractivity contribution in [3.63, 3.8) is 0 Å². The van der Waals surface area contributed by atoms with Crippen LogP contribution in [0.15, 0.2) is 18.3 Å². The van der Waals surface area contributed by atoms with E-state index in [4.69, 9.17) is 11.6 Å². The topological polar surface area (TPSA) is 57.9 Å². The summed E-state index contributed by atoms with van der Waals surface area (Å²) < 4.78 is 1.75. The van der Waals surface area contributed by atoms with Crippen molar-refractivity contribution in [3.05, 3.63) is 34.7 Å².